The predicted octanol–water partition coefficient (Wildman–Crippen LogP) is 5.54. The first kappa shape index (κ1) is 19.3. The number of halogens is 1. The highest BCUT2D eigenvalue weighted by Gasteiger charge is 2.15. The monoisotopic (exact) mass is 408 g/mol. The zero-order valence-electron chi connectivity index (χ0n) is 16.2. The molecule has 0 bridgehead atoms. The molecule has 3 aromatic carbocycles. The van der Waals surface area contributed by atoms with E-state index in [1.807, 2.05) is 61.5 Å². The first-order valence-corrected chi connectivity index (χ1v) is 9.71. The van der Waals surface area contributed by atoms with Crippen LogP contribution < -0.4 is 15.4 Å². The summed E-state index contributed by atoms with van der Waals surface area (Å²) in [5.41, 5.74) is 3.00. The number of rotatable bonds is 6. The number of carbonyl (C=O) groups excluding carboxylic acids is 1. The second-order valence-corrected chi connectivity index (χ2v) is 7.23. The van der Waals surface area contributed by atoms with Gasteiger partial charge in [0.25, 0.3) is 0 Å². The lowest BCUT2D eigenvalue weighted by atomic mass is 10.1. The third-order valence-electron chi connectivity index (χ3n) is 4.91. The summed E-state index contributed by atoms with van der Waals surface area (Å²) < 4.78 is 11.4. The van der Waals surface area contributed by atoms with Crippen LogP contribution in [0.3, 0.4) is 0 Å². The lowest BCUT2D eigenvalue weighted by molar-refractivity contribution is -0.115. The van der Waals surface area contributed by atoms with Gasteiger partial charge in [0.05, 0.1) is 19.3 Å². The Balaban J connectivity index is 1.51. The maximum atomic E-state index is 12.5. The summed E-state index contributed by atoms with van der Waals surface area (Å²) in [5, 5.41) is 8.72. The lowest BCUT2D eigenvalue weighted by Crippen LogP contribution is -2.30. The summed E-state index contributed by atoms with van der Waals surface area (Å²) in [6.07, 6.45) is 0. The molecule has 0 spiro atoms. The van der Waals surface area contributed by atoms with E-state index in [1.54, 1.807) is 13.2 Å². The van der Waals surface area contributed by atoms with Gasteiger partial charge in [-0.1, -0.05) is 48.0 Å². The van der Waals surface area contributed by atoms with Gasteiger partial charge in [-0.15, -0.1) is 0 Å². The van der Waals surface area contributed by atoms with E-state index in [0.29, 0.717) is 22.0 Å². The fourth-order valence-electron chi connectivity index (χ4n) is 3.39. The molecule has 1 aromatic heterocycles. The zero-order chi connectivity index (χ0) is 20.4. The standard InChI is InChI=1S/C23H21ClN2O3/c1-14(15-7-3-5-9-18(15)24)25-13-23(27)26-19-12-21-17(11-22(19)28-2)16-8-4-6-10-20(16)29-21/h3-12,14,25H,13H2,1-2H3,(H,26,27). The largest absolute Gasteiger partial charge is 0.495 e. The van der Waals surface area contributed by atoms with Gasteiger partial charge in [0.1, 0.15) is 16.9 Å². The first-order valence-electron chi connectivity index (χ1n) is 9.33. The third-order valence-corrected chi connectivity index (χ3v) is 5.26. The molecular weight excluding hydrogens is 388 g/mol. The molecule has 4 rings (SSSR count). The molecule has 2 N–H and O–H groups in total. The van der Waals surface area contributed by atoms with Crippen LogP contribution in [-0.2, 0) is 4.79 Å². The lowest BCUT2D eigenvalue weighted by Gasteiger charge is -2.16. The Bertz CT molecular complexity index is 1190. The Hall–Kier alpha value is -3.02. The summed E-state index contributed by atoms with van der Waals surface area (Å²) in [6.45, 7) is 2.10. The molecule has 0 radical (unpaired) electrons. The van der Waals surface area contributed by atoms with Crippen LogP contribution >= 0.6 is 11.6 Å². The topological polar surface area (TPSA) is 63.5 Å². The maximum Gasteiger partial charge on any atom is 0.238 e. The van der Waals surface area contributed by atoms with Gasteiger partial charge in [-0.25, -0.2) is 0 Å². The Labute approximate surface area is 173 Å². The molecule has 148 valence electrons. The first-order chi connectivity index (χ1) is 14.1. The second kappa shape index (κ2) is 8.15. The van der Waals surface area contributed by atoms with Crippen molar-refractivity contribution in [3.8, 4) is 5.75 Å². The Morgan fingerprint density at radius 2 is 1.83 bits per heavy atom. The van der Waals surface area contributed by atoms with Crippen molar-refractivity contribution >= 4 is 45.1 Å². The summed E-state index contributed by atoms with van der Waals surface area (Å²) in [5.74, 6) is 0.397. The molecule has 1 atom stereocenters. The number of nitrogens with one attached hydrogen (secondary N) is 2. The van der Waals surface area contributed by atoms with Crippen molar-refractivity contribution in [2.75, 3.05) is 19.0 Å². The van der Waals surface area contributed by atoms with Crippen LogP contribution in [0.5, 0.6) is 5.75 Å². The van der Waals surface area contributed by atoms with E-state index in [0.717, 1.165) is 21.9 Å². The number of amides is 1. The predicted molar refractivity (Wildman–Crippen MR) is 117 cm³/mol. The summed E-state index contributed by atoms with van der Waals surface area (Å²) in [7, 11) is 1.58. The highest BCUT2D eigenvalue weighted by atomic mass is 35.5. The molecule has 0 saturated heterocycles. The smallest absolute Gasteiger partial charge is 0.238 e. The van der Waals surface area contributed by atoms with Gasteiger partial charge < -0.3 is 19.8 Å². The highest BCUT2D eigenvalue weighted by Crippen LogP contribution is 2.36. The van der Waals surface area contributed by atoms with Crippen molar-refractivity contribution in [2.45, 2.75) is 13.0 Å². The van der Waals surface area contributed by atoms with Gasteiger partial charge in [0, 0.05) is 27.9 Å². The van der Waals surface area contributed by atoms with Gasteiger partial charge in [-0.2, -0.15) is 0 Å². The van der Waals surface area contributed by atoms with Gasteiger partial charge in [0.15, 0.2) is 0 Å². The number of anilines is 1. The fraction of sp³-hybridized carbons (Fsp3) is 0.174. The molecule has 6 heteroatoms. The van der Waals surface area contributed by atoms with Crippen molar-refractivity contribution in [2.24, 2.45) is 0 Å². The second-order valence-electron chi connectivity index (χ2n) is 6.82. The Kier molecular flexibility index (Phi) is 5.43. The van der Waals surface area contributed by atoms with Gasteiger partial charge in [-0.05, 0) is 30.7 Å². The number of carbonyl (C=O) groups is 1. The third kappa shape index (κ3) is 3.92. The van der Waals surface area contributed by atoms with E-state index >= 15 is 0 Å². The molecule has 0 aliphatic heterocycles. The van der Waals surface area contributed by atoms with Crippen LogP contribution in [-0.4, -0.2) is 19.6 Å². The average molecular weight is 409 g/mol. The summed E-state index contributed by atoms with van der Waals surface area (Å²) >= 11 is 6.23. The molecule has 1 unspecified atom stereocenters. The minimum atomic E-state index is -0.183. The van der Waals surface area contributed by atoms with E-state index in [1.165, 1.54) is 0 Å². The van der Waals surface area contributed by atoms with Crippen LogP contribution in [0.25, 0.3) is 21.9 Å². The normalized spacial score (nSPS) is 12.2. The van der Waals surface area contributed by atoms with Gasteiger partial charge >= 0.3 is 0 Å². The van der Waals surface area contributed by atoms with Crippen LogP contribution in [0.2, 0.25) is 5.02 Å². The molecule has 4 aromatic rings. The molecule has 29 heavy (non-hydrogen) atoms. The van der Waals surface area contributed by atoms with Gasteiger partial charge in [0.2, 0.25) is 5.91 Å². The minimum absolute atomic E-state index is 0.0609. The fourth-order valence-corrected chi connectivity index (χ4v) is 3.69. The Morgan fingerprint density at radius 3 is 2.62 bits per heavy atom. The van der Waals surface area contributed by atoms with E-state index in [9.17, 15) is 4.79 Å². The van der Waals surface area contributed by atoms with E-state index in [-0.39, 0.29) is 18.5 Å². The molecule has 0 aliphatic carbocycles. The molecule has 5 nitrogen and oxygen atoms in total. The zero-order valence-corrected chi connectivity index (χ0v) is 16.9. The summed E-state index contributed by atoms with van der Waals surface area (Å²) in [4.78, 5) is 12.5. The van der Waals surface area contributed by atoms with E-state index in [2.05, 4.69) is 10.6 Å². The van der Waals surface area contributed by atoms with Crippen LogP contribution in [0.4, 0.5) is 5.69 Å². The molecular formula is C23H21ClN2O3. The molecule has 0 aliphatic rings. The highest BCUT2D eigenvalue weighted by molar-refractivity contribution is 6.31. The van der Waals surface area contributed by atoms with E-state index < -0.39 is 0 Å². The van der Waals surface area contributed by atoms with Crippen LogP contribution in [0.15, 0.2) is 65.1 Å². The Morgan fingerprint density at radius 1 is 1.07 bits per heavy atom. The van der Waals surface area contributed by atoms with E-state index in [4.69, 9.17) is 20.8 Å². The maximum absolute atomic E-state index is 12.5. The summed E-state index contributed by atoms with van der Waals surface area (Å²) in [6, 6.07) is 19.0. The molecule has 0 saturated carbocycles. The average Bonchev–Trinajstić information content (AvgIpc) is 3.09. The number of hydrogen-bond donors (Lipinski definition) is 2. The van der Waals surface area contributed by atoms with Crippen molar-refractivity contribution in [1.82, 2.24) is 5.32 Å². The number of fused-ring (bicyclic) bond motifs is 3. The number of methoxy groups -OCH3 is 1. The van der Waals surface area contributed by atoms with Crippen molar-refractivity contribution in [1.29, 1.82) is 0 Å². The van der Waals surface area contributed by atoms with Crippen molar-refractivity contribution < 1.29 is 13.9 Å². The number of ether oxygens (including phenoxy) is 1. The van der Waals surface area contributed by atoms with Crippen molar-refractivity contribution in [3.05, 3.63) is 71.2 Å². The minimum Gasteiger partial charge on any atom is -0.495 e. The van der Waals surface area contributed by atoms with Gasteiger partial charge in [-0.3, -0.25) is 4.79 Å². The quantitative estimate of drug-likeness (QED) is 0.440. The number of hydrogen-bond acceptors (Lipinski definition) is 4. The SMILES string of the molecule is COc1cc2c(cc1NC(=O)CNC(C)c1ccccc1Cl)oc1ccccc12. The van der Waals surface area contributed by atoms with Crippen molar-refractivity contribution in [3.63, 3.8) is 0 Å². The molecule has 1 heterocycles. The number of para-hydroxylation sites is 1. The number of benzene rings is 3. The van der Waals surface area contributed by atoms with Crippen LogP contribution in [0.1, 0.15) is 18.5 Å². The molecule has 0 fully saturated rings. The molecule has 1 amide bonds. The van der Waals surface area contributed by atoms with Crippen LogP contribution in [0, 0.1) is 0 Å². The number of furan rings is 1.